The molecule has 2 aliphatic rings. The molecule has 2 unspecified atom stereocenters. The quantitative estimate of drug-likeness (QED) is 0.724. The molecular weight excluding hydrogens is 354 g/mol. The Morgan fingerprint density at radius 2 is 2.08 bits per heavy atom. The van der Waals surface area contributed by atoms with Gasteiger partial charge in [0.25, 0.3) is 0 Å². The molecule has 0 N–H and O–H groups in total. The Balaban J connectivity index is 2.09. The third kappa shape index (κ3) is 2.94. The van der Waals surface area contributed by atoms with Crippen LogP contribution >= 0.6 is 11.6 Å². The van der Waals surface area contributed by atoms with Crippen molar-refractivity contribution in [2.45, 2.75) is 38.8 Å². The summed E-state index contributed by atoms with van der Waals surface area (Å²) in [6.07, 6.45) is 2.98. The highest BCUT2D eigenvalue weighted by atomic mass is 35.5. The first kappa shape index (κ1) is 18.6. The van der Waals surface area contributed by atoms with Crippen LogP contribution in [0.15, 0.2) is 30.2 Å². The molecule has 0 spiro atoms. The van der Waals surface area contributed by atoms with Gasteiger partial charge < -0.3 is 19.1 Å². The molecule has 3 rings (SSSR count). The number of ketones is 1. The lowest BCUT2D eigenvalue weighted by atomic mass is 9.83. The van der Waals surface area contributed by atoms with Gasteiger partial charge in [0.1, 0.15) is 5.76 Å². The fourth-order valence-electron chi connectivity index (χ4n) is 3.80. The predicted molar refractivity (Wildman–Crippen MR) is 101 cm³/mol. The number of ether oxygens (including phenoxy) is 3. The summed E-state index contributed by atoms with van der Waals surface area (Å²) in [5.41, 5.74) is 2.58. The van der Waals surface area contributed by atoms with Gasteiger partial charge in [-0.3, -0.25) is 4.79 Å². The first-order chi connectivity index (χ1) is 12.4. The first-order valence-corrected chi connectivity index (χ1v) is 9.08. The topological polar surface area (TPSA) is 48.0 Å². The van der Waals surface area contributed by atoms with E-state index in [0.29, 0.717) is 40.9 Å². The van der Waals surface area contributed by atoms with Crippen LogP contribution in [0.3, 0.4) is 0 Å². The van der Waals surface area contributed by atoms with E-state index in [1.807, 2.05) is 19.2 Å². The molecule has 2 heterocycles. The van der Waals surface area contributed by atoms with Crippen LogP contribution in [0.5, 0.6) is 11.5 Å². The Morgan fingerprint density at radius 1 is 1.35 bits per heavy atom. The number of methoxy groups -OCH3 is 2. The number of carbonyl (C=O) groups is 1. The summed E-state index contributed by atoms with van der Waals surface area (Å²) in [4.78, 5) is 14.9. The van der Waals surface area contributed by atoms with Gasteiger partial charge in [0.05, 0.1) is 37.5 Å². The van der Waals surface area contributed by atoms with E-state index in [-0.39, 0.29) is 17.9 Å². The number of rotatable bonds is 5. The van der Waals surface area contributed by atoms with Crippen molar-refractivity contribution in [3.8, 4) is 11.5 Å². The second kappa shape index (κ2) is 7.23. The first-order valence-electron chi connectivity index (χ1n) is 8.70. The maximum Gasteiger partial charge on any atom is 0.179 e. The summed E-state index contributed by atoms with van der Waals surface area (Å²) in [6.45, 7) is 8.38. The number of allylic oxidation sites excluding steroid dienone is 1. The van der Waals surface area contributed by atoms with Crippen molar-refractivity contribution in [2.75, 3.05) is 20.8 Å². The number of fused-ring (bicyclic) bond motifs is 3. The highest BCUT2D eigenvalue weighted by molar-refractivity contribution is 6.33. The monoisotopic (exact) mass is 377 g/mol. The number of Topliss-reactive ketones (excluding diaryl/α,β-unsaturated/α-hetero) is 1. The molecule has 2 aliphatic heterocycles. The second-order valence-corrected chi connectivity index (χ2v) is 6.91. The minimum Gasteiger partial charge on any atom is -0.494 e. The van der Waals surface area contributed by atoms with E-state index < -0.39 is 0 Å². The van der Waals surface area contributed by atoms with Crippen LogP contribution in [0.2, 0.25) is 5.02 Å². The van der Waals surface area contributed by atoms with E-state index in [2.05, 4.69) is 18.4 Å². The highest BCUT2D eigenvalue weighted by Crippen LogP contribution is 2.48. The maximum atomic E-state index is 12.7. The second-order valence-electron chi connectivity index (χ2n) is 6.54. The molecule has 0 saturated heterocycles. The summed E-state index contributed by atoms with van der Waals surface area (Å²) in [6, 6.07) is 2.03. The summed E-state index contributed by atoms with van der Waals surface area (Å²) in [7, 11) is 3.16. The minimum atomic E-state index is -0.0864. The van der Waals surface area contributed by atoms with Crippen molar-refractivity contribution in [1.29, 1.82) is 0 Å². The van der Waals surface area contributed by atoms with Gasteiger partial charge >= 0.3 is 0 Å². The fraction of sp³-hybridized carbons (Fsp3) is 0.450. The van der Waals surface area contributed by atoms with Gasteiger partial charge in [-0.05, 0) is 37.5 Å². The van der Waals surface area contributed by atoms with Crippen molar-refractivity contribution >= 4 is 17.4 Å². The third-order valence-corrected chi connectivity index (χ3v) is 5.45. The number of benzene rings is 1. The van der Waals surface area contributed by atoms with Crippen LogP contribution in [0, 0.1) is 0 Å². The highest BCUT2D eigenvalue weighted by Gasteiger charge is 2.39. The van der Waals surface area contributed by atoms with E-state index in [4.69, 9.17) is 25.8 Å². The van der Waals surface area contributed by atoms with Crippen molar-refractivity contribution in [3.63, 3.8) is 0 Å². The summed E-state index contributed by atoms with van der Waals surface area (Å²) in [5.74, 6) is 1.57. The molecule has 0 bridgehead atoms. The van der Waals surface area contributed by atoms with Crippen molar-refractivity contribution < 1.29 is 19.0 Å². The summed E-state index contributed by atoms with van der Waals surface area (Å²) >= 11 is 6.61. The van der Waals surface area contributed by atoms with Crippen molar-refractivity contribution in [3.05, 3.63) is 46.3 Å². The van der Waals surface area contributed by atoms with Crippen LogP contribution in [0.1, 0.15) is 37.4 Å². The van der Waals surface area contributed by atoms with Gasteiger partial charge in [0, 0.05) is 18.7 Å². The van der Waals surface area contributed by atoms with Crippen molar-refractivity contribution in [1.82, 2.24) is 4.90 Å². The van der Waals surface area contributed by atoms with Crippen LogP contribution in [0.4, 0.5) is 0 Å². The van der Waals surface area contributed by atoms with Gasteiger partial charge in [0.2, 0.25) is 0 Å². The molecule has 0 fully saturated rings. The average Bonchev–Trinajstić information content (AvgIpc) is 2.62. The Labute approximate surface area is 159 Å². The van der Waals surface area contributed by atoms with Crippen LogP contribution in [0.25, 0.3) is 0 Å². The Kier molecular flexibility index (Phi) is 5.19. The van der Waals surface area contributed by atoms with Gasteiger partial charge in [0.15, 0.2) is 17.3 Å². The molecule has 140 valence electrons. The zero-order valence-electron chi connectivity index (χ0n) is 15.6. The predicted octanol–water partition coefficient (Wildman–Crippen LogP) is 4.05. The molecule has 6 heteroatoms. The molecule has 1 aromatic carbocycles. The Morgan fingerprint density at radius 3 is 2.69 bits per heavy atom. The van der Waals surface area contributed by atoms with Gasteiger partial charge in [-0.1, -0.05) is 18.2 Å². The zero-order valence-corrected chi connectivity index (χ0v) is 16.4. The lowest BCUT2D eigenvalue weighted by Crippen LogP contribution is -2.42. The molecule has 26 heavy (non-hydrogen) atoms. The minimum absolute atomic E-state index is 0.0238. The SMILES string of the molecule is C=C(OCC)C1=CN2C(C)Cc3c(cc(OC)c(OC)c3Cl)C2CC1=O. The molecule has 2 atom stereocenters. The smallest absolute Gasteiger partial charge is 0.179 e. The number of nitrogens with zero attached hydrogens (tertiary/aromatic N) is 1. The Bertz CT molecular complexity index is 787. The molecule has 0 saturated carbocycles. The average molecular weight is 378 g/mol. The molecule has 0 aromatic heterocycles. The van der Waals surface area contributed by atoms with Crippen LogP contribution in [-0.4, -0.2) is 37.6 Å². The summed E-state index contributed by atoms with van der Waals surface area (Å²) < 4.78 is 16.3. The van der Waals surface area contributed by atoms with E-state index >= 15 is 0 Å². The molecule has 0 radical (unpaired) electrons. The molecule has 0 amide bonds. The van der Waals surface area contributed by atoms with E-state index in [9.17, 15) is 4.79 Å². The number of carbonyl (C=O) groups excluding carboxylic acids is 1. The fourth-order valence-corrected chi connectivity index (χ4v) is 4.16. The maximum absolute atomic E-state index is 12.7. The lowest BCUT2D eigenvalue weighted by molar-refractivity contribution is -0.118. The largest absolute Gasteiger partial charge is 0.494 e. The third-order valence-electron chi connectivity index (χ3n) is 5.05. The molecule has 5 nitrogen and oxygen atoms in total. The van der Waals surface area contributed by atoms with Crippen LogP contribution in [-0.2, 0) is 16.0 Å². The van der Waals surface area contributed by atoms with Crippen LogP contribution < -0.4 is 9.47 Å². The zero-order chi connectivity index (χ0) is 19.0. The van der Waals surface area contributed by atoms with E-state index in [1.54, 1.807) is 14.2 Å². The lowest BCUT2D eigenvalue weighted by Gasteiger charge is -2.44. The normalized spacial score (nSPS) is 21.5. The van der Waals surface area contributed by atoms with E-state index in [0.717, 1.165) is 17.5 Å². The summed E-state index contributed by atoms with van der Waals surface area (Å²) in [5, 5.41) is 0.564. The van der Waals surface area contributed by atoms with Gasteiger partial charge in [-0.25, -0.2) is 0 Å². The molecule has 1 aromatic rings. The van der Waals surface area contributed by atoms with Gasteiger partial charge in [-0.2, -0.15) is 0 Å². The molecular formula is C20H24ClNO4. The van der Waals surface area contributed by atoms with Gasteiger partial charge in [-0.15, -0.1) is 0 Å². The Hall–Kier alpha value is -2.14. The van der Waals surface area contributed by atoms with Crippen molar-refractivity contribution in [2.24, 2.45) is 0 Å². The van der Waals surface area contributed by atoms with E-state index in [1.165, 1.54) is 0 Å². The number of hydrogen-bond acceptors (Lipinski definition) is 5. The number of hydrogen-bond donors (Lipinski definition) is 0. The standard InChI is InChI=1S/C20H24ClNO4/c1-6-26-12(3)15-10-22-11(2)7-14-13(16(22)9-17(15)23)8-18(24-4)20(25-5)19(14)21/h8,10-11,16H,3,6-7,9H2,1-2,4-5H3. The number of halogens is 1. The molecule has 0 aliphatic carbocycles.